The van der Waals surface area contributed by atoms with Gasteiger partial charge in [0, 0.05) is 42.2 Å². The highest BCUT2D eigenvalue weighted by Crippen LogP contribution is 2.24. The number of carbonyl (C=O) groups excluding carboxylic acids is 1. The average Bonchev–Trinajstić information content (AvgIpc) is 3.14. The fourth-order valence-corrected chi connectivity index (χ4v) is 3.54. The van der Waals surface area contributed by atoms with Crippen LogP contribution >= 0.6 is 15.9 Å². The van der Waals surface area contributed by atoms with Crippen LogP contribution in [0.2, 0.25) is 0 Å². The lowest BCUT2D eigenvalue weighted by Crippen LogP contribution is -2.41. The van der Waals surface area contributed by atoms with Crippen LogP contribution in [0.15, 0.2) is 33.8 Å². The van der Waals surface area contributed by atoms with Gasteiger partial charge in [0.1, 0.15) is 5.10 Å². The van der Waals surface area contributed by atoms with Gasteiger partial charge in [0.15, 0.2) is 5.03 Å². The summed E-state index contributed by atoms with van der Waals surface area (Å²) in [6.45, 7) is 4.91. The van der Waals surface area contributed by atoms with Crippen LogP contribution in [0, 0.1) is 22.0 Å². The van der Waals surface area contributed by atoms with Gasteiger partial charge in [0.25, 0.3) is 11.9 Å². The third-order valence-corrected chi connectivity index (χ3v) is 5.07. The number of rotatable bonds is 4. The van der Waals surface area contributed by atoms with E-state index in [0.717, 1.165) is 4.47 Å². The first-order valence-electron chi connectivity index (χ1n) is 8.09. The van der Waals surface area contributed by atoms with E-state index in [2.05, 4.69) is 28.0 Å². The maximum Gasteiger partial charge on any atom is 0.281 e. The number of hydrogen-bond acceptors (Lipinski definition) is 4. The Balaban J connectivity index is 1.82. The summed E-state index contributed by atoms with van der Waals surface area (Å²) in [6, 6.07) is 6.96. The van der Waals surface area contributed by atoms with Crippen LogP contribution in [0.1, 0.15) is 17.3 Å². The molecule has 25 heavy (non-hydrogen) atoms. The van der Waals surface area contributed by atoms with Crippen molar-refractivity contribution in [3.05, 3.63) is 44.4 Å². The van der Waals surface area contributed by atoms with Gasteiger partial charge in [-0.25, -0.2) is 10.1 Å². The summed E-state index contributed by atoms with van der Waals surface area (Å²) >= 11 is 3.34. The van der Waals surface area contributed by atoms with Gasteiger partial charge in [-0.1, -0.05) is 28.9 Å². The summed E-state index contributed by atoms with van der Waals surface area (Å²) in [5.41, 5.74) is 0.463. The molecule has 2 fully saturated rings. The minimum Gasteiger partial charge on any atom is -0.381 e. The van der Waals surface area contributed by atoms with Crippen molar-refractivity contribution in [1.82, 2.24) is 9.80 Å². The minimum absolute atomic E-state index is 0.106. The highest BCUT2D eigenvalue weighted by Gasteiger charge is 2.37. The fourth-order valence-electron chi connectivity index (χ4n) is 3.15. The molecule has 1 aromatic carbocycles. The molecule has 0 N–H and O–H groups in total. The Hall–Kier alpha value is -2.00. The molecule has 1 amide bonds. The molecule has 0 saturated carbocycles. The van der Waals surface area contributed by atoms with Gasteiger partial charge >= 0.3 is 0 Å². The van der Waals surface area contributed by atoms with Crippen molar-refractivity contribution in [3.8, 4) is 0 Å². The van der Waals surface area contributed by atoms with E-state index in [0.29, 0.717) is 44.3 Å². The van der Waals surface area contributed by atoms with Gasteiger partial charge in [-0.3, -0.25) is 9.69 Å². The van der Waals surface area contributed by atoms with Crippen LogP contribution in [0.4, 0.5) is 0 Å². The van der Waals surface area contributed by atoms with E-state index >= 15 is 0 Å². The first kappa shape index (κ1) is 17.8. The number of ether oxygens (including phenoxy) is 1. The molecule has 1 aromatic rings. The number of guanidine groups is 1. The van der Waals surface area contributed by atoms with Gasteiger partial charge in [0.2, 0.25) is 0 Å². The number of carbonyl (C=O) groups is 1. The van der Waals surface area contributed by atoms with Crippen molar-refractivity contribution in [2.24, 2.45) is 16.9 Å². The lowest BCUT2D eigenvalue weighted by atomic mass is 9.98. The van der Waals surface area contributed by atoms with Crippen LogP contribution in [0.5, 0.6) is 0 Å². The normalized spacial score (nSPS) is 25.0. The Bertz CT molecular complexity index is 711. The monoisotopic (exact) mass is 410 g/mol. The van der Waals surface area contributed by atoms with E-state index in [-0.39, 0.29) is 17.8 Å². The first-order chi connectivity index (χ1) is 12.0. The maximum absolute atomic E-state index is 12.8. The van der Waals surface area contributed by atoms with E-state index in [1.165, 1.54) is 4.90 Å². The molecule has 0 bridgehead atoms. The quantitative estimate of drug-likeness (QED) is 0.559. The molecule has 8 nitrogen and oxygen atoms in total. The average molecular weight is 411 g/mol. The Morgan fingerprint density at radius 2 is 2.24 bits per heavy atom. The second kappa shape index (κ2) is 7.49. The topological polar surface area (TPSA) is 88.3 Å². The third kappa shape index (κ3) is 3.98. The summed E-state index contributed by atoms with van der Waals surface area (Å²) in [5.74, 6) is 0.471. The molecule has 9 heteroatoms. The standard InChI is InChI=1S/C16H19BrN4O4/c1-11-9-25-10-13(11)8-19-5-6-20(16(19)18-21(23)24)15(22)12-3-2-4-14(17)7-12/h2-4,7,11,13H,5-6,8-10H2,1H3. The molecule has 3 rings (SSSR count). The molecule has 2 atom stereocenters. The largest absolute Gasteiger partial charge is 0.381 e. The van der Waals surface area contributed by atoms with Gasteiger partial charge in [-0.2, -0.15) is 0 Å². The SMILES string of the molecule is CC1COCC1CN1CCN(C(=O)c2cccc(Br)c2)C1=N[N+](=O)[O-]. The van der Waals surface area contributed by atoms with E-state index in [1.54, 1.807) is 18.2 Å². The van der Waals surface area contributed by atoms with Crippen molar-refractivity contribution < 1.29 is 14.6 Å². The zero-order chi connectivity index (χ0) is 18.0. The zero-order valence-corrected chi connectivity index (χ0v) is 15.4. The Morgan fingerprint density at radius 3 is 2.88 bits per heavy atom. The van der Waals surface area contributed by atoms with Crippen molar-refractivity contribution >= 4 is 27.8 Å². The molecule has 2 aliphatic rings. The molecular formula is C16H19BrN4O4. The van der Waals surface area contributed by atoms with Crippen LogP contribution in [0.25, 0.3) is 0 Å². The predicted molar refractivity (Wildman–Crippen MR) is 94.7 cm³/mol. The smallest absolute Gasteiger partial charge is 0.281 e. The van der Waals surface area contributed by atoms with E-state index < -0.39 is 5.03 Å². The van der Waals surface area contributed by atoms with Crippen molar-refractivity contribution in [2.45, 2.75) is 6.92 Å². The van der Waals surface area contributed by atoms with Gasteiger partial charge in [0.05, 0.1) is 6.61 Å². The molecule has 0 aliphatic carbocycles. The lowest BCUT2D eigenvalue weighted by Gasteiger charge is -2.23. The van der Waals surface area contributed by atoms with Crippen LogP contribution in [-0.4, -0.2) is 59.5 Å². The number of halogens is 1. The third-order valence-electron chi connectivity index (χ3n) is 4.58. The second-order valence-corrected chi connectivity index (χ2v) is 7.24. The molecule has 2 heterocycles. The Morgan fingerprint density at radius 1 is 1.44 bits per heavy atom. The number of nitrogens with zero attached hydrogens (tertiary/aromatic N) is 4. The van der Waals surface area contributed by atoms with Crippen molar-refractivity contribution in [3.63, 3.8) is 0 Å². The van der Waals surface area contributed by atoms with Gasteiger partial charge < -0.3 is 9.64 Å². The lowest BCUT2D eigenvalue weighted by molar-refractivity contribution is -0.486. The number of benzene rings is 1. The number of amides is 1. The molecule has 2 saturated heterocycles. The zero-order valence-electron chi connectivity index (χ0n) is 13.8. The summed E-state index contributed by atoms with van der Waals surface area (Å²) < 4.78 is 6.24. The highest BCUT2D eigenvalue weighted by molar-refractivity contribution is 9.10. The Labute approximate surface area is 153 Å². The van der Waals surface area contributed by atoms with Crippen LogP contribution < -0.4 is 0 Å². The second-order valence-electron chi connectivity index (χ2n) is 6.33. The van der Waals surface area contributed by atoms with Crippen molar-refractivity contribution in [2.75, 3.05) is 32.8 Å². The van der Waals surface area contributed by atoms with Crippen molar-refractivity contribution in [1.29, 1.82) is 0 Å². The molecular weight excluding hydrogens is 392 g/mol. The number of hydrogen-bond donors (Lipinski definition) is 0. The Kier molecular flexibility index (Phi) is 5.33. The van der Waals surface area contributed by atoms with Gasteiger partial charge in [-0.15, -0.1) is 0 Å². The van der Waals surface area contributed by atoms with Crippen LogP contribution in [-0.2, 0) is 4.74 Å². The summed E-state index contributed by atoms with van der Waals surface area (Å²) in [7, 11) is 0. The predicted octanol–water partition coefficient (Wildman–Crippen LogP) is 2.04. The molecule has 0 spiro atoms. The number of hydrazone groups is 1. The molecule has 134 valence electrons. The summed E-state index contributed by atoms with van der Waals surface area (Å²) in [4.78, 5) is 27.0. The van der Waals surface area contributed by atoms with Crippen LogP contribution in [0.3, 0.4) is 0 Å². The summed E-state index contributed by atoms with van der Waals surface area (Å²) in [6.07, 6.45) is 0. The molecule has 2 aliphatic heterocycles. The highest BCUT2D eigenvalue weighted by atomic mass is 79.9. The minimum atomic E-state index is -0.747. The van der Waals surface area contributed by atoms with E-state index in [1.807, 2.05) is 11.0 Å². The molecule has 0 aromatic heterocycles. The van der Waals surface area contributed by atoms with E-state index in [4.69, 9.17) is 4.74 Å². The fraction of sp³-hybridized carbons (Fsp3) is 0.500. The van der Waals surface area contributed by atoms with E-state index in [9.17, 15) is 14.9 Å². The van der Waals surface area contributed by atoms with Gasteiger partial charge in [-0.05, 0) is 24.1 Å². The molecule has 2 unspecified atom stereocenters. The number of nitro groups is 1. The summed E-state index contributed by atoms with van der Waals surface area (Å²) in [5, 5.41) is 13.7. The first-order valence-corrected chi connectivity index (χ1v) is 8.88. The maximum atomic E-state index is 12.8. The molecule has 0 radical (unpaired) electrons.